The van der Waals surface area contributed by atoms with Gasteiger partial charge in [-0.15, -0.1) is 0 Å². The summed E-state index contributed by atoms with van der Waals surface area (Å²) in [6.45, 7) is 10.2. The highest BCUT2D eigenvalue weighted by Crippen LogP contribution is 2.21. The predicted octanol–water partition coefficient (Wildman–Crippen LogP) is 0.580. The normalized spacial score (nSPS) is 32.4. The second-order valence-electron chi connectivity index (χ2n) is 6.67. The highest BCUT2D eigenvalue weighted by atomic mass is 15.3. The average molecular weight is 266 g/mol. The molecule has 3 aliphatic heterocycles. The number of piperidine rings is 1. The highest BCUT2D eigenvalue weighted by molar-refractivity contribution is 4.85. The third kappa shape index (κ3) is 3.69. The lowest BCUT2D eigenvalue weighted by atomic mass is 10.1. The summed E-state index contributed by atoms with van der Waals surface area (Å²) in [5.74, 6) is 0. The van der Waals surface area contributed by atoms with Gasteiger partial charge in [0.2, 0.25) is 0 Å². The Morgan fingerprint density at radius 3 is 2.37 bits per heavy atom. The summed E-state index contributed by atoms with van der Waals surface area (Å²) >= 11 is 0. The van der Waals surface area contributed by atoms with E-state index in [4.69, 9.17) is 5.73 Å². The van der Waals surface area contributed by atoms with E-state index < -0.39 is 0 Å². The standard InChI is InChI=1S/C15H30N4/c16-14-4-9-17(10-5-14)11-12-18-6-2-8-19-7-1-3-15(19)13-18/h14-15H,1-13,16H2. The van der Waals surface area contributed by atoms with Crippen LogP contribution in [0.25, 0.3) is 0 Å². The second kappa shape index (κ2) is 6.53. The fraction of sp³-hybridized carbons (Fsp3) is 1.00. The van der Waals surface area contributed by atoms with Crippen molar-refractivity contribution in [3.8, 4) is 0 Å². The molecule has 0 aromatic rings. The van der Waals surface area contributed by atoms with Gasteiger partial charge in [-0.1, -0.05) is 0 Å². The first-order valence-corrected chi connectivity index (χ1v) is 8.25. The Bertz CT molecular complexity index is 275. The van der Waals surface area contributed by atoms with Crippen LogP contribution in [0.1, 0.15) is 32.1 Å². The van der Waals surface area contributed by atoms with Crippen molar-refractivity contribution in [3.05, 3.63) is 0 Å². The minimum absolute atomic E-state index is 0.460. The average Bonchev–Trinajstić information content (AvgIpc) is 2.76. The first-order chi connectivity index (χ1) is 9.31. The zero-order valence-corrected chi connectivity index (χ0v) is 12.3. The Morgan fingerprint density at radius 2 is 1.53 bits per heavy atom. The number of likely N-dealkylation sites (tertiary alicyclic amines) is 1. The smallest absolute Gasteiger partial charge is 0.0223 e. The fourth-order valence-electron chi connectivity index (χ4n) is 3.95. The number of fused-ring (bicyclic) bond motifs is 1. The van der Waals surface area contributed by atoms with Crippen LogP contribution in [-0.4, -0.2) is 79.1 Å². The van der Waals surface area contributed by atoms with E-state index in [0.29, 0.717) is 6.04 Å². The van der Waals surface area contributed by atoms with Crippen molar-refractivity contribution < 1.29 is 0 Å². The molecule has 3 saturated heterocycles. The van der Waals surface area contributed by atoms with E-state index in [0.717, 1.165) is 6.04 Å². The Labute approximate surface area is 117 Å². The molecule has 3 heterocycles. The van der Waals surface area contributed by atoms with Crippen molar-refractivity contribution in [2.24, 2.45) is 5.73 Å². The molecule has 1 unspecified atom stereocenters. The molecule has 110 valence electrons. The lowest BCUT2D eigenvalue weighted by Gasteiger charge is -2.32. The Morgan fingerprint density at radius 1 is 0.789 bits per heavy atom. The Kier molecular flexibility index (Phi) is 4.74. The van der Waals surface area contributed by atoms with Gasteiger partial charge in [-0.05, 0) is 64.8 Å². The summed E-state index contributed by atoms with van der Waals surface area (Å²) in [5, 5.41) is 0. The van der Waals surface area contributed by atoms with Gasteiger partial charge < -0.3 is 15.5 Å². The van der Waals surface area contributed by atoms with Gasteiger partial charge in [0.15, 0.2) is 0 Å². The molecule has 0 aromatic heterocycles. The van der Waals surface area contributed by atoms with Crippen molar-refractivity contribution >= 4 is 0 Å². The van der Waals surface area contributed by atoms with Crippen LogP contribution in [0.2, 0.25) is 0 Å². The van der Waals surface area contributed by atoms with Crippen LogP contribution < -0.4 is 5.73 Å². The number of nitrogens with zero attached hydrogens (tertiary/aromatic N) is 3. The molecule has 4 heteroatoms. The number of nitrogens with two attached hydrogens (primary N) is 1. The first kappa shape index (κ1) is 13.8. The van der Waals surface area contributed by atoms with E-state index in [1.165, 1.54) is 84.5 Å². The predicted molar refractivity (Wildman–Crippen MR) is 79.3 cm³/mol. The molecule has 3 fully saturated rings. The Hall–Kier alpha value is -0.160. The van der Waals surface area contributed by atoms with Crippen LogP contribution in [0.4, 0.5) is 0 Å². The quantitative estimate of drug-likeness (QED) is 0.810. The molecule has 0 aliphatic carbocycles. The van der Waals surface area contributed by atoms with Gasteiger partial charge in [-0.25, -0.2) is 0 Å². The van der Waals surface area contributed by atoms with E-state index in [-0.39, 0.29) is 0 Å². The molecular formula is C15H30N4. The van der Waals surface area contributed by atoms with Crippen molar-refractivity contribution in [2.75, 3.05) is 52.4 Å². The zero-order chi connectivity index (χ0) is 13.1. The summed E-state index contributed by atoms with van der Waals surface area (Å²) < 4.78 is 0. The highest BCUT2D eigenvalue weighted by Gasteiger charge is 2.28. The summed E-state index contributed by atoms with van der Waals surface area (Å²) in [6.07, 6.45) is 6.59. The molecule has 19 heavy (non-hydrogen) atoms. The molecule has 2 N–H and O–H groups in total. The first-order valence-electron chi connectivity index (χ1n) is 8.25. The van der Waals surface area contributed by atoms with E-state index in [1.807, 2.05) is 0 Å². The molecule has 0 radical (unpaired) electrons. The van der Waals surface area contributed by atoms with Gasteiger partial charge in [-0.3, -0.25) is 4.90 Å². The van der Waals surface area contributed by atoms with E-state index in [2.05, 4.69) is 14.7 Å². The monoisotopic (exact) mass is 266 g/mol. The topological polar surface area (TPSA) is 35.7 Å². The summed E-state index contributed by atoms with van der Waals surface area (Å²) in [7, 11) is 0. The van der Waals surface area contributed by atoms with Crippen LogP contribution in [0.3, 0.4) is 0 Å². The molecule has 3 rings (SSSR count). The minimum Gasteiger partial charge on any atom is -0.328 e. The molecule has 0 aromatic carbocycles. The molecule has 0 amide bonds. The van der Waals surface area contributed by atoms with Crippen molar-refractivity contribution in [1.82, 2.24) is 14.7 Å². The number of rotatable bonds is 3. The number of hydrogen-bond acceptors (Lipinski definition) is 4. The van der Waals surface area contributed by atoms with Crippen LogP contribution in [-0.2, 0) is 0 Å². The van der Waals surface area contributed by atoms with Crippen LogP contribution >= 0.6 is 0 Å². The third-order valence-electron chi connectivity index (χ3n) is 5.25. The third-order valence-corrected chi connectivity index (χ3v) is 5.25. The van der Waals surface area contributed by atoms with Gasteiger partial charge in [0, 0.05) is 31.7 Å². The van der Waals surface area contributed by atoms with Crippen molar-refractivity contribution in [2.45, 2.75) is 44.2 Å². The van der Waals surface area contributed by atoms with Gasteiger partial charge >= 0.3 is 0 Å². The van der Waals surface area contributed by atoms with Crippen LogP contribution in [0.15, 0.2) is 0 Å². The molecule has 4 nitrogen and oxygen atoms in total. The Balaban J connectivity index is 1.42. The van der Waals surface area contributed by atoms with E-state index in [1.54, 1.807) is 0 Å². The molecular weight excluding hydrogens is 236 g/mol. The minimum atomic E-state index is 0.460. The van der Waals surface area contributed by atoms with E-state index >= 15 is 0 Å². The zero-order valence-electron chi connectivity index (χ0n) is 12.3. The van der Waals surface area contributed by atoms with Crippen molar-refractivity contribution in [3.63, 3.8) is 0 Å². The lowest BCUT2D eigenvalue weighted by molar-refractivity contribution is 0.164. The van der Waals surface area contributed by atoms with Gasteiger partial charge in [0.05, 0.1) is 0 Å². The van der Waals surface area contributed by atoms with Gasteiger partial charge in [0.1, 0.15) is 0 Å². The van der Waals surface area contributed by atoms with Gasteiger partial charge in [0.25, 0.3) is 0 Å². The maximum absolute atomic E-state index is 5.97. The SMILES string of the molecule is NC1CCN(CCN2CCCN3CCCC3C2)CC1. The summed E-state index contributed by atoms with van der Waals surface area (Å²) in [5.41, 5.74) is 5.97. The largest absolute Gasteiger partial charge is 0.328 e. The van der Waals surface area contributed by atoms with Crippen LogP contribution in [0, 0.1) is 0 Å². The van der Waals surface area contributed by atoms with Crippen molar-refractivity contribution in [1.29, 1.82) is 0 Å². The molecule has 0 spiro atoms. The summed E-state index contributed by atoms with van der Waals surface area (Å²) in [4.78, 5) is 8.05. The molecule has 0 bridgehead atoms. The molecule has 3 aliphatic rings. The number of hydrogen-bond donors (Lipinski definition) is 1. The van der Waals surface area contributed by atoms with Crippen LogP contribution in [0.5, 0.6) is 0 Å². The molecule has 0 saturated carbocycles. The summed E-state index contributed by atoms with van der Waals surface area (Å²) in [6, 6.07) is 1.32. The molecule has 1 atom stereocenters. The maximum atomic E-state index is 5.97. The van der Waals surface area contributed by atoms with E-state index in [9.17, 15) is 0 Å². The second-order valence-corrected chi connectivity index (χ2v) is 6.67. The fourth-order valence-corrected chi connectivity index (χ4v) is 3.95. The lowest BCUT2D eigenvalue weighted by Crippen LogP contribution is -2.44. The van der Waals surface area contributed by atoms with Gasteiger partial charge in [-0.2, -0.15) is 0 Å². The maximum Gasteiger partial charge on any atom is 0.0223 e.